The van der Waals surface area contributed by atoms with Crippen LogP contribution in [0.25, 0.3) is 0 Å². The first-order valence-electron chi connectivity index (χ1n) is 6.03. The van der Waals surface area contributed by atoms with Gasteiger partial charge in [0, 0.05) is 18.5 Å². The molecule has 6 heteroatoms. The number of aliphatic hydroxyl groups is 1. The Morgan fingerprint density at radius 2 is 1.84 bits per heavy atom. The minimum Gasteiger partial charge on any atom is -0.394 e. The van der Waals surface area contributed by atoms with Gasteiger partial charge in [0.25, 0.3) is 0 Å². The van der Waals surface area contributed by atoms with Gasteiger partial charge in [-0.1, -0.05) is 13.8 Å². The highest BCUT2D eigenvalue weighted by Crippen LogP contribution is 2.17. The van der Waals surface area contributed by atoms with Crippen LogP contribution in [-0.4, -0.2) is 39.3 Å². The summed E-state index contributed by atoms with van der Waals surface area (Å²) in [4.78, 5) is 31.8. The smallest absolute Gasteiger partial charge is 0.229 e. The zero-order valence-electron chi connectivity index (χ0n) is 10.8. The number of Topliss-reactive ketones (excluding diaryl/α,β-unsaturated/α-hetero) is 1. The molecule has 2 N–H and O–H groups in total. The molecule has 2 rings (SSSR count). The number of rotatable bonds is 4. The van der Waals surface area contributed by atoms with Crippen LogP contribution in [0.15, 0.2) is 24.2 Å². The van der Waals surface area contributed by atoms with E-state index in [-0.39, 0.29) is 47.2 Å². The minimum absolute atomic E-state index is 0.0537. The Kier molecular flexibility index (Phi) is 3.71. The van der Waals surface area contributed by atoms with Crippen molar-refractivity contribution in [3.63, 3.8) is 0 Å². The zero-order chi connectivity index (χ0) is 14.0. The molecule has 0 spiro atoms. The van der Waals surface area contributed by atoms with Crippen LogP contribution in [0.5, 0.6) is 0 Å². The number of nitrogens with one attached hydrogen (secondary N) is 1. The van der Waals surface area contributed by atoms with Gasteiger partial charge < -0.3 is 10.4 Å². The number of hydrogen-bond donors (Lipinski definition) is 2. The lowest BCUT2D eigenvalue weighted by atomic mass is 9.99. The summed E-state index contributed by atoms with van der Waals surface area (Å²) in [5.41, 5.74) is 0.284. The summed E-state index contributed by atoms with van der Waals surface area (Å²) in [6.07, 6.45) is 3.96. The van der Waals surface area contributed by atoms with Gasteiger partial charge in [-0.25, -0.2) is 9.97 Å². The number of ketones is 2. The van der Waals surface area contributed by atoms with Crippen LogP contribution in [0.4, 0.5) is 0 Å². The average molecular weight is 261 g/mol. The first-order valence-corrected chi connectivity index (χ1v) is 6.03. The van der Waals surface area contributed by atoms with Crippen molar-refractivity contribution >= 4 is 11.6 Å². The summed E-state index contributed by atoms with van der Waals surface area (Å²) < 4.78 is 0. The van der Waals surface area contributed by atoms with Crippen LogP contribution in [0.3, 0.4) is 0 Å². The third-order valence-corrected chi connectivity index (χ3v) is 3.01. The van der Waals surface area contributed by atoms with Crippen molar-refractivity contribution in [2.45, 2.75) is 19.9 Å². The number of aromatic nitrogens is 2. The maximum atomic E-state index is 12.2. The molecule has 1 aromatic rings. The largest absolute Gasteiger partial charge is 0.394 e. The summed E-state index contributed by atoms with van der Waals surface area (Å²) in [5, 5.41) is 12.2. The van der Waals surface area contributed by atoms with Crippen molar-refractivity contribution in [2.75, 3.05) is 6.61 Å². The average Bonchev–Trinajstić information content (AvgIpc) is 2.41. The van der Waals surface area contributed by atoms with Crippen LogP contribution in [0.1, 0.15) is 34.8 Å². The fraction of sp³-hybridized carbons (Fsp3) is 0.385. The van der Waals surface area contributed by atoms with Crippen LogP contribution in [0, 0.1) is 5.92 Å². The summed E-state index contributed by atoms with van der Waals surface area (Å²) in [7, 11) is 0. The van der Waals surface area contributed by atoms with Crippen LogP contribution >= 0.6 is 0 Å². The molecule has 1 aliphatic rings. The first-order chi connectivity index (χ1) is 9.04. The predicted molar refractivity (Wildman–Crippen MR) is 67.6 cm³/mol. The van der Waals surface area contributed by atoms with E-state index in [2.05, 4.69) is 15.3 Å². The fourth-order valence-corrected chi connectivity index (χ4v) is 1.81. The highest BCUT2D eigenvalue weighted by molar-refractivity contribution is 6.22. The Hall–Kier alpha value is -2.08. The minimum atomic E-state index is -0.373. The Balaban J connectivity index is 2.30. The van der Waals surface area contributed by atoms with E-state index in [1.807, 2.05) is 13.8 Å². The molecule has 0 saturated heterocycles. The molecule has 1 aliphatic carbocycles. The molecule has 6 nitrogen and oxygen atoms in total. The van der Waals surface area contributed by atoms with Crippen molar-refractivity contribution < 1.29 is 14.7 Å². The molecule has 1 atom stereocenters. The molecule has 0 aliphatic heterocycles. The summed E-state index contributed by atoms with van der Waals surface area (Å²) in [6, 6.07) is -0.291. The lowest BCUT2D eigenvalue weighted by Crippen LogP contribution is -2.40. The second-order valence-corrected chi connectivity index (χ2v) is 4.68. The molecule has 1 heterocycles. The third-order valence-electron chi connectivity index (χ3n) is 3.01. The Labute approximate surface area is 110 Å². The third kappa shape index (κ3) is 2.53. The molecule has 1 aromatic heterocycles. The van der Waals surface area contributed by atoms with Crippen LogP contribution in [0.2, 0.25) is 0 Å². The van der Waals surface area contributed by atoms with Crippen LogP contribution in [-0.2, 0) is 0 Å². The normalized spacial score (nSPS) is 16.1. The maximum absolute atomic E-state index is 12.2. The molecule has 0 amide bonds. The summed E-state index contributed by atoms with van der Waals surface area (Å²) in [5.74, 6) is -0.607. The highest BCUT2D eigenvalue weighted by Gasteiger charge is 2.29. The second kappa shape index (κ2) is 5.27. The quantitative estimate of drug-likeness (QED) is 0.812. The number of nitrogens with zero attached hydrogens (tertiary/aromatic N) is 2. The van der Waals surface area contributed by atoms with Gasteiger partial charge in [-0.2, -0.15) is 0 Å². The van der Waals surface area contributed by atoms with E-state index in [1.54, 1.807) is 0 Å². The lowest BCUT2D eigenvalue weighted by molar-refractivity contribution is 0.0964. The Morgan fingerprint density at radius 1 is 1.21 bits per heavy atom. The molecule has 0 saturated carbocycles. The standard InChI is InChI=1S/C13H15N3O3/c1-7(2)9(6-17)16-8-5-10(18)11-12(13(8)19)15-4-3-14-11/h3-5,7,9,16-17H,6H2,1-2H3/t9-/m1/s1. The molecule has 19 heavy (non-hydrogen) atoms. The van der Waals surface area contributed by atoms with E-state index in [4.69, 9.17) is 0 Å². The second-order valence-electron chi connectivity index (χ2n) is 4.68. The van der Waals surface area contributed by atoms with Gasteiger partial charge in [0.15, 0.2) is 0 Å². The fourth-order valence-electron chi connectivity index (χ4n) is 1.81. The molecule has 0 unspecified atom stereocenters. The van der Waals surface area contributed by atoms with E-state index in [1.165, 1.54) is 18.5 Å². The number of fused-ring (bicyclic) bond motifs is 1. The molecule has 0 bridgehead atoms. The number of allylic oxidation sites excluding steroid dienone is 2. The number of carbonyl (C=O) groups is 2. The first kappa shape index (κ1) is 13.4. The van der Waals surface area contributed by atoms with Crippen molar-refractivity contribution in [2.24, 2.45) is 5.92 Å². The van der Waals surface area contributed by atoms with E-state index in [0.717, 1.165) is 0 Å². The number of carbonyl (C=O) groups excluding carboxylic acids is 2. The molecule has 0 radical (unpaired) electrons. The topological polar surface area (TPSA) is 92.2 Å². The highest BCUT2D eigenvalue weighted by atomic mass is 16.3. The van der Waals surface area contributed by atoms with Gasteiger partial charge in [0.05, 0.1) is 18.3 Å². The van der Waals surface area contributed by atoms with Gasteiger partial charge in [0.2, 0.25) is 11.6 Å². The van der Waals surface area contributed by atoms with Crippen LogP contribution < -0.4 is 5.32 Å². The predicted octanol–water partition coefficient (Wildman–Crippen LogP) is 0.346. The molecule has 0 aromatic carbocycles. The van der Waals surface area contributed by atoms with Gasteiger partial charge in [-0.15, -0.1) is 0 Å². The Morgan fingerprint density at radius 3 is 2.42 bits per heavy atom. The van der Waals surface area contributed by atoms with E-state index in [0.29, 0.717) is 0 Å². The van der Waals surface area contributed by atoms with E-state index in [9.17, 15) is 14.7 Å². The summed E-state index contributed by atoms with van der Waals surface area (Å²) in [6.45, 7) is 3.71. The van der Waals surface area contributed by atoms with Crippen molar-refractivity contribution in [1.29, 1.82) is 0 Å². The Bertz CT molecular complexity index is 552. The van der Waals surface area contributed by atoms with Gasteiger partial charge in [-0.05, 0) is 5.92 Å². The van der Waals surface area contributed by atoms with Gasteiger partial charge in [0.1, 0.15) is 11.4 Å². The van der Waals surface area contributed by atoms with Gasteiger partial charge in [-0.3, -0.25) is 9.59 Å². The maximum Gasteiger partial charge on any atom is 0.229 e. The monoisotopic (exact) mass is 261 g/mol. The van der Waals surface area contributed by atoms with E-state index < -0.39 is 0 Å². The number of hydrogen-bond acceptors (Lipinski definition) is 6. The zero-order valence-corrected chi connectivity index (χ0v) is 10.8. The van der Waals surface area contributed by atoms with E-state index >= 15 is 0 Å². The lowest BCUT2D eigenvalue weighted by Gasteiger charge is -2.23. The number of aliphatic hydroxyl groups excluding tert-OH is 1. The van der Waals surface area contributed by atoms with Gasteiger partial charge >= 0.3 is 0 Å². The molecule has 0 fully saturated rings. The molecular weight excluding hydrogens is 246 g/mol. The summed E-state index contributed by atoms with van der Waals surface area (Å²) >= 11 is 0. The van der Waals surface area contributed by atoms with Crippen molar-refractivity contribution in [1.82, 2.24) is 15.3 Å². The van der Waals surface area contributed by atoms with Crippen molar-refractivity contribution in [3.8, 4) is 0 Å². The molecule has 100 valence electrons. The van der Waals surface area contributed by atoms with Crippen molar-refractivity contribution in [3.05, 3.63) is 35.6 Å². The molecular formula is C13H15N3O3. The SMILES string of the molecule is CC(C)[C@@H](CO)NC1=CC(=O)c2nccnc2C1=O.